The molecule has 1 aliphatic heterocycles. The standard InChI is InChI=1S/C17H19N5O/c1-21-9-7-13-14(3-2-4-15(13)21)20-17(23)19-12-5-6-16-18-8-10-22(16)11-12/h2-4,7-10,12H,5-6,11H2,1H3,(H2,19,20,23). The summed E-state index contributed by atoms with van der Waals surface area (Å²) < 4.78 is 4.15. The number of aryl methyl sites for hydroxylation is 2. The van der Waals surface area contributed by atoms with Crippen LogP contribution in [-0.4, -0.2) is 26.2 Å². The summed E-state index contributed by atoms with van der Waals surface area (Å²) in [6.45, 7) is 0.776. The molecule has 3 aromatic rings. The predicted molar refractivity (Wildman–Crippen MR) is 89.4 cm³/mol. The highest BCUT2D eigenvalue weighted by Crippen LogP contribution is 2.23. The largest absolute Gasteiger partial charge is 0.350 e. The van der Waals surface area contributed by atoms with E-state index in [1.54, 1.807) is 0 Å². The Bertz CT molecular complexity index is 863. The van der Waals surface area contributed by atoms with Crippen molar-refractivity contribution in [3.8, 4) is 0 Å². The number of fused-ring (bicyclic) bond motifs is 2. The smallest absolute Gasteiger partial charge is 0.319 e. The van der Waals surface area contributed by atoms with Crippen LogP contribution in [0.5, 0.6) is 0 Å². The summed E-state index contributed by atoms with van der Waals surface area (Å²) >= 11 is 0. The quantitative estimate of drug-likeness (QED) is 0.764. The number of benzene rings is 1. The molecule has 0 fully saturated rings. The molecule has 0 saturated heterocycles. The minimum absolute atomic E-state index is 0.131. The molecule has 2 amide bonds. The number of rotatable bonds is 2. The maximum absolute atomic E-state index is 12.3. The van der Waals surface area contributed by atoms with Crippen LogP contribution in [0.2, 0.25) is 0 Å². The number of nitrogens with one attached hydrogen (secondary N) is 2. The molecular weight excluding hydrogens is 290 g/mol. The zero-order valence-corrected chi connectivity index (χ0v) is 13.0. The van der Waals surface area contributed by atoms with Gasteiger partial charge in [-0.25, -0.2) is 9.78 Å². The first-order valence-corrected chi connectivity index (χ1v) is 7.82. The average Bonchev–Trinajstić information content (AvgIpc) is 3.14. The number of nitrogens with zero attached hydrogens (tertiary/aromatic N) is 3. The Hall–Kier alpha value is -2.76. The third-order valence-electron chi connectivity index (χ3n) is 4.45. The van der Waals surface area contributed by atoms with Crippen molar-refractivity contribution < 1.29 is 4.79 Å². The van der Waals surface area contributed by atoms with Gasteiger partial charge in [-0.2, -0.15) is 0 Å². The summed E-state index contributed by atoms with van der Waals surface area (Å²) in [5.74, 6) is 1.09. The van der Waals surface area contributed by atoms with E-state index in [9.17, 15) is 4.79 Å². The zero-order chi connectivity index (χ0) is 15.8. The van der Waals surface area contributed by atoms with Crippen molar-refractivity contribution in [2.45, 2.75) is 25.4 Å². The lowest BCUT2D eigenvalue weighted by atomic mass is 10.1. The van der Waals surface area contributed by atoms with Gasteiger partial charge in [0.05, 0.1) is 5.69 Å². The van der Waals surface area contributed by atoms with Gasteiger partial charge in [0.25, 0.3) is 0 Å². The molecule has 1 atom stereocenters. The molecule has 1 unspecified atom stereocenters. The summed E-state index contributed by atoms with van der Waals surface area (Å²) in [6.07, 6.45) is 7.58. The molecule has 0 spiro atoms. The number of hydrogen-bond acceptors (Lipinski definition) is 2. The normalized spacial score (nSPS) is 17.0. The second-order valence-corrected chi connectivity index (χ2v) is 5.99. The van der Waals surface area contributed by atoms with Crippen molar-refractivity contribution in [2.24, 2.45) is 7.05 Å². The molecule has 118 valence electrons. The van der Waals surface area contributed by atoms with Gasteiger partial charge in [0.1, 0.15) is 5.82 Å². The Kier molecular flexibility index (Phi) is 3.29. The predicted octanol–water partition coefficient (Wildman–Crippen LogP) is 2.51. The topological polar surface area (TPSA) is 63.9 Å². The van der Waals surface area contributed by atoms with Crippen molar-refractivity contribution in [3.63, 3.8) is 0 Å². The lowest BCUT2D eigenvalue weighted by Crippen LogP contribution is -2.42. The third kappa shape index (κ3) is 2.56. The summed E-state index contributed by atoms with van der Waals surface area (Å²) in [5, 5.41) is 7.09. The molecule has 6 heteroatoms. The molecule has 0 radical (unpaired) electrons. The first-order valence-electron chi connectivity index (χ1n) is 7.82. The van der Waals surface area contributed by atoms with Crippen LogP contribution in [0.3, 0.4) is 0 Å². The SMILES string of the molecule is Cn1ccc2c(NC(=O)NC3CCc4nccn4C3)cccc21. The minimum Gasteiger partial charge on any atom is -0.350 e. The number of carbonyl (C=O) groups is 1. The number of urea groups is 1. The molecule has 0 saturated carbocycles. The van der Waals surface area contributed by atoms with Crippen LogP contribution >= 0.6 is 0 Å². The molecule has 2 aromatic heterocycles. The van der Waals surface area contributed by atoms with Crippen LogP contribution in [-0.2, 0) is 20.0 Å². The van der Waals surface area contributed by atoms with Gasteiger partial charge in [-0.3, -0.25) is 0 Å². The number of amides is 2. The van der Waals surface area contributed by atoms with Gasteiger partial charge in [-0.1, -0.05) is 6.07 Å². The molecule has 4 rings (SSSR count). The molecule has 1 aromatic carbocycles. The van der Waals surface area contributed by atoms with Crippen molar-refractivity contribution >= 4 is 22.6 Å². The van der Waals surface area contributed by atoms with E-state index in [2.05, 4.69) is 20.2 Å². The number of anilines is 1. The second-order valence-electron chi connectivity index (χ2n) is 5.99. The van der Waals surface area contributed by atoms with E-state index in [1.165, 1.54) is 0 Å². The van der Waals surface area contributed by atoms with Crippen LogP contribution in [0.25, 0.3) is 10.9 Å². The molecule has 6 nitrogen and oxygen atoms in total. The highest BCUT2D eigenvalue weighted by Gasteiger charge is 2.20. The fourth-order valence-electron chi connectivity index (χ4n) is 3.24. The number of hydrogen-bond donors (Lipinski definition) is 2. The van der Waals surface area contributed by atoms with Crippen LogP contribution in [0, 0.1) is 0 Å². The molecule has 3 heterocycles. The first kappa shape index (κ1) is 13.9. The average molecular weight is 309 g/mol. The molecule has 0 aliphatic carbocycles. The van der Waals surface area contributed by atoms with E-state index in [4.69, 9.17) is 0 Å². The van der Waals surface area contributed by atoms with E-state index in [-0.39, 0.29) is 12.1 Å². The van der Waals surface area contributed by atoms with Gasteiger partial charge in [0.15, 0.2) is 0 Å². The molecular formula is C17H19N5O. The van der Waals surface area contributed by atoms with Gasteiger partial charge in [0, 0.05) is 55.5 Å². The molecule has 2 N–H and O–H groups in total. The van der Waals surface area contributed by atoms with E-state index in [0.29, 0.717) is 0 Å². The van der Waals surface area contributed by atoms with Crippen LogP contribution in [0.15, 0.2) is 42.9 Å². The van der Waals surface area contributed by atoms with Crippen molar-refractivity contribution in [1.82, 2.24) is 19.4 Å². The first-order chi connectivity index (χ1) is 11.2. The van der Waals surface area contributed by atoms with Crippen molar-refractivity contribution in [3.05, 3.63) is 48.7 Å². The monoisotopic (exact) mass is 309 g/mol. The number of carbonyl (C=O) groups excluding carboxylic acids is 1. The third-order valence-corrected chi connectivity index (χ3v) is 4.45. The highest BCUT2D eigenvalue weighted by atomic mass is 16.2. The highest BCUT2D eigenvalue weighted by molar-refractivity contribution is 6.00. The minimum atomic E-state index is -0.157. The number of aromatic nitrogens is 3. The van der Waals surface area contributed by atoms with Crippen LogP contribution in [0.1, 0.15) is 12.2 Å². The summed E-state index contributed by atoms with van der Waals surface area (Å²) in [6, 6.07) is 7.91. The zero-order valence-electron chi connectivity index (χ0n) is 13.0. The Morgan fingerprint density at radius 1 is 1.30 bits per heavy atom. The van der Waals surface area contributed by atoms with E-state index in [0.717, 1.165) is 41.8 Å². The number of imidazole rings is 1. The van der Waals surface area contributed by atoms with E-state index in [1.807, 2.05) is 54.5 Å². The lowest BCUT2D eigenvalue weighted by molar-refractivity contribution is 0.244. The fourth-order valence-corrected chi connectivity index (χ4v) is 3.24. The fraction of sp³-hybridized carbons (Fsp3) is 0.294. The molecule has 23 heavy (non-hydrogen) atoms. The maximum Gasteiger partial charge on any atom is 0.319 e. The van der Waals surface area contributed by atoms with Crippen molar-refractivity contribution in [1.29, 1.82) is 0 Å². The van der Waals surface area contributed by atoms with Gasteiger partial charge in [-0.05, 0) is 24.6 Å². The Balaban J connectivity index is 1.46. The summed E-state index contributed by atoms with van der Waals surface area (Å²) in [7, 11) is 2.00. The summed E-state index contributed by atoms with van der Waals surface area (Å²) in [4.78, 5) is 16.6. The Labute approximate surface area is 134 Å². The Morgan fingerprint density at radius 2 is 2.22 bits per heavy atom. The van der Waals surface area contributed by atoms with E-state index < -0.39 is 0 Å². The van der Waals surface area contributed by atoms with Crippen LogP contribution < -0.4 is 10.6 Å². The van der Waals surface area contributed by atoms with Gasteiger partial charge >= 0.3 is 6.03 Å². The lowest BCUT2D eigenvalue weighted by Gasteiger charge is -2.24. The molecule has 1 aliphatic rings. The van der Waals surface area contributed by atoms with Crippen molar-refractivity contribution in [2.75, 3.05) is 5.32 Å². The van der Waals surface area contributed by atoms with Gasteiger partial charge < -0.3 is 19.8 Å². The van der Waals surface area contributed by atoms with Gasteiger partial charge in [-0.15, -0.1) is 0 Å². The Morgan fingerprint density at radius 3 is 3.13 bits per heavy atom. The van der Waals surface area contributed by atoms with E-state index >= 15 is 0 Å². The second kappa shape index (κ2) is 5.46. The maximum atomic E-state index is 12.3. The summed E-state index contributed by atoms with van der Waals surface area (Å²) in [5.41, 5.74) is 1.93. The molecule has 0 bridgehead atoms. The van der Waals surface area contributed by atoms with Gasteiger partial charge in [0.2, 0.25) is 0 Å². The van der Waals surface area contributed by atoms with Crippen LogP contribution in [0.4, 0.5) is 10.5 Å².